The third kappa shape index (κ3) is 5.73. The summed E-state index contributed by atoms with van der Waals surface area (Å²) in [6.45, 7) is 12.6. The molecule has 0 aliphatic heterocycles. The van der Waals surface area contributed by atoms with Crippen LogP contribution in [0.15, 0.2) is 111 Å². The number of hydrogen-bond donors (Lipinski definition) is 0. The van der Waals surface area contributed by atoms with Gasteiger partial charge in [0.25, 0.3) is 0 Å². The molecule has 4 aromatic rings. The number of rotatable bonds is 9. The standard InChI is InChI=1S/C33H36F2O3S2/c1-22(2)25-19-29(23(3)4)33(30(20-25)24(5)6)39(27-13-9-7-10-14-27,28-15-11-8-12-16-28)38-40(36,37)32-18-17-26(34)21-31(32)35/h7-24H,1-6H3. The van der Waals surface area contributed by atoms with Gasteiger partial charge in [0.2, 0.25) is 0 Å². The maximum absolute atomic E-state index is 15.0. The predicted octanol–water partition coefficient (Wildman–Crippen LogP) is 9.94. The van der Waals surface area contributed by atoms with Crippen LogP contribution in [0.2, 0.25) is 0 Å². The predicted molar refractivity (Wildman–Crippen MR) is 159 cm³/mol. The van der Waals surface area contributed by atoms with Crippen LogP contribution >= 0.6 is 10.3 Å². The molecule has 0 spiro atoms. The molecule has 7 heteroatoms. The van der Waals surface area contributed by atoms with E-state index in [0.29, 0.717) is 15.9 Å². The van der Waals surface area contributed by atoms with Gasteiger partial charge in [0.1, 0.15) is 16.5 Å². The molecule has 0 saturated carbocycles. The molecule has 0 atom stereocenters. The van der Waals surface area contributed by atoms with E-state index in [1.807, 2.05) is 60.7 Å². The highest BCUT2D eigenvalue weighted by Gasteiger charge is 2.42. The zero-order valence-electron chi connectivity index (χ0n) is 23.7. The van der Waals surface area contributed by atoms with Gasteiger partial charge in [-0.05, 0) is 81.2 Å². The van der Waals surface area contributed by atoms with Gasteiger partial charge < -0.3 is 0 Å². The summed E-state index contributed by atoms with van der Waals surface area (Å²) in [5.41, 5.74) is 3.11. The fraction of sp³-hybridized carbons (Fsp3) is 0.273. The van der Waals surface area contributed by atoms with Gasteiger partial charge in [-0.25, -0.2) is 12.4 Å². The smallest absolute Gasteiger partial charge is 0.207 e. The van der Waals surface area contributed by atoms with Crippen LogP contribution in [0.25, 0.3) is 0 Å². The van der Waals surface area contributed by atoms with Crippen molar-refractivity contribution in [1.82, 2.24) is 0 Å². The number of halogens is 2. The number of benzene rings is 4. The minimum absolute atomic E-state index is 0.0272. The first-order valence-electron chi connectivity index (χ1n) is 13.4. The van der Waals surface area contributed by atoms with Crippen LogP contribution in [0.5, 0.6) is 0 Å². The van der Waals surface area contributed by atoms with E-state index < -0.39 is 37.0 Å². The minimum Gasteiger partial charge on any atom is -0.207 e. The Kier molecular flexibility index (Phi) is 8.88. The number of hydrogen-bond acceptors (Lipinski definition) is 3. The van der Waals surface area contributed by atoms with E-state index >= 15 is 0 Å². The largest absolute Gasteiger partial charge is 0.310 e. The molecule has 0 amide bonds. The Morgan fingerprint density at radius 3 is 1.50 bits per heavy atom. The van der Waals surface area contributed by atoms with Crippen molar-refractivity contribution in [3.05, 3.63) is 119 Å². The first kappa shape index (κ1) is 30.0. The average molecular weight is 583 g/mol. The Balaban J connectivity index is 2.21. The van der Waals surface area contributed by atoms with Crippen molar-refractivity contribution in [2.24, 2.45) is 0 Å². The van der Waals surface area contributed by atoms with E-state index in [2.05, 4.69) is 53.7 Å². The molecular formula is C33H36F2O3S2. The molecule has 0 aliphatic carbocycles. The van der Waals surface area contributed by atoms with Gasteiger partial charge in [0.05, 0.1) is 0 Å². The molecule has 4 rings (SSSR count). The molecule has 0 unspecified atom stereocenters. The molecule has 3 nitrogen and oxygen atoms in total. The van der Waals surface area contributed by atoms with Crippen molar-refractivity contribution in [2.45, 2.75) is 78.9 Å². The van der Waals surface area contributed by atoms with Crippen molar-refractivity contribution in [2.75, 3.05) is 0 Å². The fourth-order valence-electron chi connectivity index (χ4n) is 4.78. The van der Waals surface area contributed by atoms with E-state index in [1.54, 1.807) is 0 Å². The lowest BCUT2D eigenvalue weighted by atomic mass is 9.89. The highest BCUT2D eigenvalue weighted by molar-refractivity contribution is 8.33. The lowest BCUT2D eigenvalue weighted by Crippen LogP contribution is -2.19. The molecule has 4 aromatic carbocycles. The first-order chi connectivity index (χ1) is 18.9. The third-order valence-corrected chi connectivity index (χ3v) is 12.2. The Morgan fingerprint density at radius 1 is 0.625 bits per heavy atom. The summed E-state index contributed by atoms with van der Waals surface area (Å²) in [5.74, 6) is -1.76. The summed E-state index contributed by atoms with van der Waals surface area (Å²) < 4.78 is 63.4. The fourth-order valence-corrected chi connectivity index (χ4v) is 10.7. The summed E-state index contributed by atoms with van der Waals surface area (Å²) in [4.78, 5) is 1.42. The second-order valence-corrected chi connectivity index (χ2v) is 15.1. The highest BCUT2D eigenvalue weighted by Crippen LogP contribution is 2.73. The van der Waals surface area contributed by atoms with E-state index in [-0.39, 0.29) is 17.8 Å². The second kappa shape index (κ2) is 11.9. The van der Waals surface area contributed by atoms with E-state index in [0.717, 1.165) is 33.7 Å². The maximum Gasteiger partial charge on any atom is 0.310 e. The van der Waals surface area contributed by atoms with Gasteiger partial charge in [-0.15, -0.1) is 0 Å². The lowest BCUT2D eigenvalue weighted by Gasteiger charge is -2.43. The molecule has 0 aromatic heterocycles. The molecular weight excluding hydrogens is 546 g/mol. The first-order valence-corrected chi connectivity index (χ1v) is 16.4. The van der Waals surface area contributed by atoms with Crippen LogP contribution in [0.4, 0.5) is 8.78 Å². The zero-order chi connectivity index (χ0) is 29.2. The third-order valence-electron chi connectivity index (χ3n) is 6.87. The van der Waals surface area contributed by atoms with Crippen molar-refractivity contribution >= 4 is 20.4 Å². The van der Waals surface area contributed by atoms with E-state index in [9.17, 15) is 17.2 Å². The van der Waals surface area contributed by atoms with Gasteiger partial charge in [0.15, 0.2) is 0 Å². The van der Waals surface area contributed by atoms with Crippen molar-refractivity contribution in [3.63, 3.8) is 0 Å². The van der Waals surface area contributed by atoms with Crippen LogP contribution in [-0.2, 0) is 13.7 Å². The Morgan fingerprint density at radius 2 is 1.10 bits per heavy atom. The zero-order valence-corrected chi connectivity index (χ0v) is 25.3. The average Bonchev–Trinajstić information content (AvgIpc) is 2.91. The van der Waals surface area contributed by atoms with Gasteiger partial charge in [-0.1, -0.05) is 90.1 Å². The highest BCUT2D eigenvalue weighted by atomic mass is 32.3. The maximum atomic E-state index is 15.0. The Labute approximate surface area is 238 Å². The van der Waals surface area contributed by atoms with Crippen LogP contribution in [0, 0.1) is 11.6 Å². The lowest BCUT2D eigenvalue weighted by molar-refractivity contribution is 0.492. The van der Waals surface area contributed by atoms with Gasteiger partial charge in [0, 0.05) is 20.8 Å². The summed E-state index contributed by atoms with van der Waals surface area (Å²) in [7, 11) is -7.73. The molecule has 212 valence electrons. The second-order valence-electron chi connectivity index (χ2n) is 10.8. The summed E-state index contributed by atoms with van der Waals surface area (Å²) >= 11 is 0. The Bertz CT molecular complexity index is 1510. The van der Waals surface area contributed by atoms with Gasteiger partial charge in [-0.2, -0.15) is 8.42 Å². The Hall–Kier alpha value is -3.00. The minimum atomic E-state index is -4.73. The van der Waals surface area contributed by atoms with Crippen LogP contribution in [-0.4, -0.2) is 8.42 Å². The van der Waals surface area contributed by atoms with E-state index in [4.69, 9.17) is 3.63 Å². The molecule has 0 fully saturated rings. The molecule has 0 aliphatic rings. The molecule has 0 bridgehead atoms. The summed E-state index contributed by atoms with van der Waals surface area (Å²) in [6, 6.07) is 25.3. The van der Waals surface area contributed by atoms with E-state index in [1.165, 1.54) is 0 Å². The quantitative estimate of drug-likeness (QED) is 0.197. The van der Waals surface area contributed by atoms with Gasteiger partial charge in [-0.3, -0.25) is 0 Å². The molecule has 0 heterocycles. The van der Waals surface area contributed by atoms with Crippen LogP contribution in [0.3, 0.4) is 0 Å². The topological polar surface area (TPSA) is 43.4 Å². The van der Waals surface area contributed by atoms with Gasteiger partial charge >= 0.3 is 10.1 Å². The normalized spacial score (nSPS) is 12.9. The summed E-state index contributed by atoms with van der Waals surface area (Å²) in [6.07, 6.45) is 0. The molecule has 0 radical (unpaired) electrons. The van der Waals surface area contributed by atoms with Crippen molar-refractivity contribution < 1.29 is 20.8 Å². The van der Waals surface area contributed by atoms with Crippen molar-refractivity contribution in [1.29, 1.82) is 0 Å². The van der Waals surface area contributed by atoms with Crippen LogP contribution < -0.4 is 0 Å². The monoisotopic (exact) mass is 582 g/mol. The SMILES string of the molecule is CC(C)c1cc(C(C)C)c(S(OS(=O)(=O)c2ccc(F)cc2F)(c2ccccc2)c2ccccc2)c(C(C)C)c1. The summed E-state index contributed by atoms with van der Waals surface area (Å²) in [5, 5.41) is 0. The molecule has 40 heavy (non-hydrogen) atoms. The van der Waals surface area contributed by atoms with Crippen molar-refractivity contribution in [3.8, 4) is 0 Å². The van der Waals surface area contributed by atoms with Crippen LogP contribution in [0.1, 0.15) is 76.0 Å². The molecule has 0 N–H and O–H groups in total. The molecule has 0 saturated heterocycles.